The Labute approximate surface area is 158 Å². The van der Waals surface area contributed by atoms with Crippen LogP contribution < -0.4 is 4.72 Å². The summed E-state index contributed by atoms with van der Waals surface area (Å²) in [6.45, 7) is 1.90. The van der Waals surface area contributed by atoms with Gasteiger partial charge in [-0.15, -0.1) is 0 Å². The molecule has 0 aromatic heterocycles. The summed E-state index contributed by atoms with van der Waals surface area (Å²) in [5, 5.41) is 0. The van der Waals surface area contributed by atoms with Gasteiger partial charge in [0.05, 0.1) is 17.6 Å². The number of hydrogen-bond donors (Lipinski definition) is 1. The quantitative estimate of drug-likeness (QED) is 0.671. The number of carbonyl (C=O) groups is 1. The fourth-order valence-electron chi connectivity index (χ4n) is 2.58. The Balaban J connectivity index is 1.77. The van der Waals surface area contributed by atoms with Crippen molar-refractivity contribution in [1.29, 1.82) is 0 Å². The number of ether oxygens (including phenoxy) is 1. The van der Waals surface area contributed by atoms with E-state index in [9.17, 15) is 13.2 Å². The first kappa shape index (κ1) is 18.7. The molecule has 3 aromatic carbocycles. The van der Waals surface area contributed by atoms with Gasteiger partial charge in [-0.2, -0.15) is 0 Å². The van der Waals surface area contributed by atoms with Gasteiger partial charge < -0.3 is 4.74 Å². The summed E-state index contributed by atoms with van der Waals surface area (Å²) in [7, 11) is -2.29. The molecule has 0 bridgehead atoms. The monoisotopic (exact) mass is 381 g/mol. The molecule has 0 saturated carbocycles. The second-order valence-electron chi connectivity index (χ2n) is 6.06. The summed E-state index contributed by atoms with van der Waals surface area (Å²) in [6, 6.07) is 20.7. The van der Waals surface area contributed by atoms with Crippen LogP contribution in [0.15, 0.2) is 77.7 Å². The molecular weight excluding hydrogens is 362 g/mol. The molecular formula is C21H19NO4S. The molecule has 3 aromatic rings. The number of anilines is 1. The number of nitrogens with one attached hydrogen (secondary N) is 1. The molecule has 0 unspecified atom stereocenters. The molecule has 27 heavy (non-hydrogen) atoms. The van der Waals surface area contributed by atoms with Crippen LogP contribution in [-0.2, 0) is 14.8 Å². The normalized spacial score (nSPS) is 11.0. The molecule has 0 aliphatic rings. The highest BCUT2D eigenvalue weighted by Crippen LogP contribution is 2.23. The van der Waals surface area contributed by atoms with Crippen molar-refractivity contribution >= 4 is 21.7 Å². The zero-order chi connectivity index (χ0) is 19.4. The van der Waals surface area contributed by atoms with Gasteiger partial charge in [0.25, 0.3) is 10.0 Å². The first-order valence-electron chi connectivity index (χ1n) is 8.27. The molecule has 0 amide bonds. The molecule has 5 nitrogen and oxygen atoms in total. The zero-order valence-corrected chi connectivity index (χ0v) is 15.8. The lowest BCUT2D eigenvalue weighted by atomic mass is 10.0. The van der Waals surface area contributed by atoms with E-state index in [1.165, 1.54) is 7.11 Å². The summed E-state index contributed by atoms with van der Waals surface area (Å²) >= 11 is 0. The van der Waals surface area contributed by atoms with E-state index in [1.807, 2.05) is 31.2 Å². The van der Waals surface area contributed by atoms with Crippen LogP contribution in [0.1, 0.15) is 15.9 Å². The van der Waals surface area contributed by atoms with Crippen molar-refractivity contribution in [2.45, 2.75) is 11.8 Å². The van der Waals surface area contributed by atoms with E-state index in [1.54, 1.807) is 48.5 Å². The van der Waals surface area contributed by atoms with Crippen LogP contribution in [-0.4, -0.2) is 21.5 Å². The largest absolute Gasteiger partial charge is 0.465 e. The average molecular weight is 381 g/mol. The smallest absolute Gasteiger partial charge is 0.337 e. The van der Waals surface area contributed by atoms with Gasteiger partial charge in [-0.3, -0.25) is 4.72 Å². The van der Waals surface area contributed by atoms with Gasteiger partial charge in [0.1, 0.15) is 0 Å². The number of aryl methyl sites for hydroxylation is 1. The second kappa shape index (κ2) is 7.63. The Morgan fingerprint density at radius 1 is 0.815 bits per heavy atom. The Hall–Kier alpha value is -3.12. The Kier molecular flexibility index (Phi) is 5.28. The fraction of sp³-hybridized carbons (Fsp3) is 0.0952. The van der Waals surface area contributed by atoms with Crippen molar-refractivity contribution in [1.82, 2.24) is 0 Å². The van der Waals surface area contributed by atoms with Crippen LogP contribution in [0.2, 0.25) is 0 Å². The van der Waals surface area contributed by atoms with Crippen molar-refractivity contribution in [2.24, 2.45) is 0 Å². The lowest BCUT2D eigenvalue weighted by molar-refractivity contribution is 0.0600. The van der Waals surface area contributed by atoms with Crippen LogP contribution in [0.3, 0.4) is 0 Å². The molecule has 0 heterocycles. The lowest BCUT2D eigenvalue weighted by Gasteiger charge is -2.09. The molecule has 0 fully saturated rings. The minimum Gasteiger partial charge on any atom is -0.465 e. The summed E-state index contributed by atoms with van der Waals surface area (Å²) in [4.78, 5) is 11.7. The third kappa shape index (κ3) is 4.35. The average Bonchev–Trinajstić information content (AvgIpc) is 2.68. The Morgan fingerprint density at radius 2 is 1.33 bits per heavy atom. The minimum atomic E-state index is -3.63. The Morgan fingerprint density at radius 3 is 1.85 bits per heavy atom. The molecule has 1 N–H and O–H groups in total. The number of methoxy groups -OCH3 is 1. The van der Waals surface area contributed by atoms with Crippen molar-refractivity contribution < 1.29 is 17.9 Å². The molecule has 6 heteroatoms. The summed E-state index contributed by atoms with van der Waals surface area (Å²) in [5.74, 6) is -0.387. The molecule has 0 aliphatic heterocycles. The first-order chi connectivity index (χ1) is 12.9. The van der Waals surface area contributed by atoms with Gasteiger partial charge in [-0.25, -0.2) is 13.2 Å². The number of esters is 1. The number of carbonyl (C=O) groups excluding carboxylic acids is 1. The third-order valence-corrected chi connectivity index (χ3v) is 5.50. The van der Waals surface area contributed by atoms with E-state index in [4.69, 9.17) is 0 Å². The van der Waals surface area contributed by atoms with Crippen LogP contribution in [0, 0.1) is 6.92 Å². The molecule has 0 spiro atoms. The zero-order valence-electron chi connectivity index (χ0n) is 15.0. The summed E-state index contributed by atoms with van der Waals surface area (Å²) < 4.78 is 32.1. The van der Waals surface area contributed by atoms with Gasteiger partial charge in [0.2, 0.25) is 0 Å². The van der Waals surface area contributed by atoms with Crippen LogP contribution >= 0.6 is 0 Å². The maximum absolute atomic E-state index is 12.4. The SMILES string of the molecule is COC(=O)c1ccc(-c2ccc(NS(=O)(=O)c3ccc(C)cc3)cc2)cc1. The molecule has 3 rings (SSSR count). The van der Waals surface area contributed by atoms with Crippen molar-refractivity contribution in [3.8, 4) is 11.1 Å². The lowest BCUT2D eigenvalue weighted by Crippen LogP contribution is -2.12. The van der Waals surface area contributed by atoms with E-state index >= 15 is 0 Å². The molecule has 138 valence electrons. The van der Waals surface area contributed by atoms with Crippen molar-refractivity contribution in [3.63, 3.8) is 0 Å². The Bertz CT molecular complexity index is 1040. The van der Waals surface area contributed by atoms with Gasteiger partial charge >= 0.3 is 5.97 Å². The summed E-state index contributed by atoms with van der Waals surface area (Å²) in [6.07, 6.45) is 0. The van der Waals surface area contributed by atoms with Crippen LogP contribution in [0.4, 0.5) is 5.69 Å². The van der Waals surface area contributed by atoms with Crippen LogP contribution in [0.5, 0.6) is 0 Å². The topological polar surface area (TPSA) is 72.5 Å². The fourth-order valence-corrected chi connectivity index (χ4v) is 3.64. The second-order valence-corrected chi connectivity index (χ2v) is 7.75. The van der Waals surface area contributed by atoms with Crippen molar-refractivity contribution in [2.75, 3.05) is 11.8 Å². The number of rotatable bonds is 5. The molecule has 0 atom stereocenters. The first-order valence-corrected chi connectivity index (χ1v) is 9.76. The summed E-state index contributed by atoms with van der Waals surface area (Å²) in [5.41, 5.74) is 3.77. The van der Waals surface area contributed by atoms with Crippen LogP contribution in [0.25, 0.3) is 11.1 Å². The van der Waals surface area contributed by atoms with Gasteiger partial charge in [0, 0.05) is 5.69 Å². The van der Waals surface area contributed by atoms with E-state index in [-0.39, 0.29) is 10.9 Å². The highest BCUT2D eigenvalue weighted by atomic mass is 32.2. The van der Waals surface area contributed by atoms with Gasteiger partial charge in [0.15, 0.2) is 0 Å². The van der Waals surface area contributed by atoms with E-state index in [2.05, 4.69) is 9.46 Å². The van der Waals surface area contributed by atoms with E-state index in [0.717, 1.165) is 16.7 Å². The maximum Gasteiger partial charge on any atom is 0.337 e. The van der Waals surface area contributed by atoms with Gasteiger partial charge in [-0.1, -0.05) is 42.0 Å². The molecule has 0 radical (unpaired) electrons. The highest BCUT2D eigenvalue weighted by molar-refractivity contribution is 7.92. The number of benzene rings is 3. The van der Waals surface area contributed by atoms with Gasteiger partial charge in [-0.05, 0) is 54.4 Å². The maximum atomic E-state index is 12.4. The number of sulfonamides is 1. The minimum absolute atomic E-state index is 0.218. The standard InChI is InChI=1S/C21H19NO4S/c1-15-3-13-20(14-4-15)27(24,25)22-19-11-9-17(10-12-19)16-5-7-18(8-6-16)21(23)26-2/h3-14,22H,1-2H3. The molecule has 0 saturated heterocycles. The third-order valence-electron chi connectivity index (χ3n) is 4.11. The molecule has 0 aliphatic carbocycles. The predicted octanol–water partition coefficient (Wildman–Crippen LogP) is 4.25. The van der Waals surface area contributed by atoms with Crippen molar-refractivity contribution in [3.05, 3.63) is 83.9 Å². The number of hydrogen-bond acceptors (Lipinski definition) is 4. The predicted molar refractivity (Wildman–Crippen MR) is 105 cm³/mol. The van der Waals surface area contributed by atoms with E-state index in [0.29, 0.717) is 11.3 Å². The highest BCUT2D eigenvalue weighted by Gasteiger charge is 2.13. The van der Waals surface area contributed by atoms with E-state index < -0.39 is 10.0 Å².